The van der Waals surface area contributed by atoms with Crippen molar-refractivity contribution in [3.63, 3.8) is 0 Å². The van der Waals surface area contributed by atoms with Crippen LogP contribution in [0.15, 0.2) is 24.3 Å². The SMILES string of the molecule is CCCc1nc(COc2cccc(CC)c2)sc1C(C)=O. The molecule has 3 nitrogen and oxygen atoms in total. The zero-order valence-electron chi connectivity index (χ0n) is 12.8. The van der Waals surface area contributed by atoms with Crippen molar-refractivity contribution in [2.45, 2.75) is 46.6 Å². The fourth-order valence-corrected chi connectivity index (χ4v) is 3.06. The van der Waals surface area contributed by atoms with Gasteiger partial charge < -0.3 is 4.74 Å². The lowest BCUT2D eigenvalue weighted by Crippen LogP contribution is -1.97. The lowest BCUT2D eigenvalue weighted by Gasteiger charge is -2.05. The highest BCUT2D eigenvalue weighted by Gasteiger charge is 2.14. The van der Waals surface area contributed by atoms with E-state index in [1.54, 1.807) is 6.92 Å². The number of Topliss-reactive ketones (excluding diaryl/α,β-unsaturated/α-hetero) is 1. The van der Waals surface area contributed by atoms with Gasteiger partial charge in [-0.1, -0.05) is 32.4 Å². The van der Waals surface area contributed by atoms with Crippen LogP contribution in [0, 0.1) is 0 Å². The van der Waals surface area contributed by atoms with E-state index in [0.717, 1.165) is 40.6 Å². The van der Waals surface area contributed by atoms with Gasteiger partial charge >= 0.3 is 0 Å². The number of aryl methyl sites for hydroxylation is 2. The number of nitrogens with zero attached hydrogens (tertiary/aromatic N) is 1. The van der Waals surface area contributed by atoms with Gasteiger partial charge in [0.05, 0.1) is 10.6 Å². The molecule has 1 aromatic carbocycles. The van der Waals surface area contributed by atoms with Crippen molar-refractivity contribution in [1.82, 2.24) is 4.98 Å². The molecule has 0 fully saturated rings. The number of carbonyl (C=O) groups is 1. The molecule has 2 aromatic rings. The van der Waals surface area contributed by atoms with Crippen LogP contribution in [0.25, 0.3) is 0 Å². The number of carbonyl (C=O) groups excluding carboxylic acids is 1. The Balaban J connectivity index is 2.09. The lowest BCUT2D eigenvalue weighted by atomic mass is 10.2. The second kappa shape index (κ2) is 7.36. The standard InChI is InChI=1S/C17H21NO2S/c1-4-7-15-17(12(3)19)21-16(18-15)11-20-14-9-6-8-13(5-2)10-14/h6,8-10H,4-5,7,11H2,1-3H3. The number of ketones is 1. The monoisotopic (exact) mass is 303 g/mol. The predicted octanol–water partition coefficient (Wildman–Crippen LogP) is 4.44. The molecule has 0 aliphatic heterocycles. The van der Waals surface area contributed by atoms with Crippen molar-refractivity contribution in [3.8, 4) is 5.75 Å². The molecule has 1 aromatic heterocycles. The smallest absolute Gasteiger partial charge is 0.171 e. The van der Waals surface area contributed by atoms with Gasteiger partial charge in [-0.3, -0.25) is 4.79 Å². The molecule has 0 aliphatic carbocycles. The molecule has 0 bridgehead atoms. The van der Waals surface area contributed by atoms with Crippen LogP contribution < -0.4 is 4.74 Å². The average molecular weight is 303 g/mol. The van der Waals surface area contributed by atoms with E-state index in [2.05, 4.69) is 24.9 Å². The van der Waals surface area contributed by atoms with Crippen LogP contribution in [-0.4, -0.2) is 10.8 Å². The fraction of sp³-hybridized carbons (Fsp3) is 0.412. The number of ether oxygens (including phenoxy) is 1. The van der Waals surface area contributed by atoms with Crippen molar-refractivity contribution >= 4 is 17.1 Å². The second-order valence-electron chi connectivity index (χ2n) is 4.98. The number of aromatic nitrogens is 1. The molecular formula is C17H21NO2S. The minimum absolute atomic E-state index is 0.0928. The zero-order chi connectivity index (χ0) is 15.2. The number of benzene rings is 1. The maximum Gasteiger partial charge on any atom is 0.171 e. The molecule has 1 heterocycles. The first-order chi connectivity index (χ1) is 10.1. The molecule has 0 amide bonds. The molecule has 0 radical (unpaired) electrons. The molecule has 0 N–H and O–H groups in total. The molecule has 4 heteroatoms. The summed E-state index contributed by atoms with van der Waals surface area (Å²) in [4.78, 5) is 17.0. The number of thiazole rings is 1. The Morgan fingerprint density at radius 3 is 2.81 bits per heavy atom. The van der Waals surface area contributed by atoms with E-state index in [1.165, 1.54) is 16.9 Å². The van der Waals surface area contributed by atoms with Gasteiger partial charge in [-0.2, -0.15) is 0 Å². The van der Waals surface area contributed by atoms with Gasteiger partial charge in [0, 0.05) is 6.92 Å². The molecule has 0 unspecified atom stereocenters. The largest absolute Gasteiger partial charge is 0.486 e. The third-order valence-corrected chi connectivity index (χ3v) is 4.39. The predicted molar refractivity (Wildman–Crippen MR) is 86.3 cm³/mol. The summed E-state index contributed by atoms with van der Waals surface area (Å²) in [5.41, 5.74) is 2.17. The second-order valence-corrected chi connectivity index (χ2v) is 6.06. The van der Waals surface area contributed by atoms with Crippen LogP contribution in [-0.2, 0) is 19.4 Å². The van der Waals surface area contributed by atoms with E-state index >= 15 is 0 Å². The minimum atomic E-state index is 0.0928. The van der Waals surface area contributed by atoms with Crippen molar-refractivity contribution in [2.75, 3.05) is 0 Å². The molecule has 0 atom stereocenters. The normalized spacial score (nSPS) is 10.6. The summed E-state index contributed by atoms with van der Waals surface area (Å²) in [6.45, 7) is 6.23. The Labute approximate surface area is 130 Å². The molecule has 0 spiro atoms. The highest BCUT2D eigenvalue weighted by atomic mass is 32.1. The van der Waals surface area contributed by atoms with Gasteiger partial charge in [-0.15, -0.1) is 11.3 Å². The van der Waals surface area contributed by atoms with Crippen molar-refractivity contribution in [2.24, 2.45) is 0 Å². The van der Waals surface area contributed by atoms with Gasteiger partial charge in [-0.25, -0.2) is 4.98 Å². The molecule has 0 saturated carbocycles. The average Bonchev–Trinajstić information content (AvgIpc) is 2.89. The van der Waals surface area contributed by atoms with Gasteiger partial charge in [0.1, 0.15) is 17.4 Å². The summed E-state index contributed by atoms with van der Waals surface area (Å²) in [6, 6.07) is 8.08. The van der Waals surface area contributed by atoms with E-state index in [4.69, 9.17) is 4.74 Å². The van der Waals surface area contributed by atoms with Gasteiger partial charge in [0.25, 0.3) is 0 Å². The van der Waals surface area contributed by atoms with Crippen LogP contribution in [0.1, 0.15) is 53.1 Å². The minimum Gasteiger partial charge on any atom is -0.486 e. The lowest BCUT2D eigenvalue weighted by molar-refractivity contribution is 0.102. The van der Waals surface area contributed by atoms with Crippen LogP contribution in [0.4, 0.5) is 0 Å². The summed E-state index contributed by atoms with van der Waals surface area (Å²) in [6.07, 6.45) is 2.82. The topological polar surface area (TPSA) is 39.2 Å². The van der Waals surface area contributed by atoms with E-state index in [1.807, 2.05) is 18.2 Å². The summed E-state index contributed by atoms with van der Waals surface area (Å²) >= 11 is 1.45. The van der Waals surface area contributed by atoms with Gasteiger partial charge in [0.15, 0.2) is 5.78 Å². The van der Waals surface area contributed by atoms with Gasteiger partial charge in [-0.05, 0) is 30.5 Å². The van der Waals surface area contributed by atoms with Crippen molar-refractivity contribution in [3.05, 3.63) is 45.4 Å². The maximum atomic E-state index is 11.6. The van der Waals surface area contributed by atoms with E-state index in [-0.39, 0.29) is 5.78 Å². The van der Waals surface area contributed by atoms with Gasteiger partial charge in [0.2, 0.25) is 0 Å². The molecule has 112 valence electrons. The molecule has 0 saturated heterocycles. The molecule has 2 rings (SSSR count). The quantitative estimate of drug-likeness (QED) is 0.710. The van der Waals surface area contributed by atoms with Crippen LogP contribution in [0.3, 0.4) is 0 Å². The molecule has 21 heavy (non-hydrogen) atoms. The Hall–Kier alpha value is -1.68. The van der Waals surface area contributed by atoms with Crippen LogP contribution in [0.5, 0.6) is 5.75 Å². The molecular weight excluding hydrogens is 282 g/mol. The Morgan fingerprint density at radius 2 is 2.14 bits per heavy atom. The summed E-state index contributed by atoms with van der Waals surface area (Å²) in [5, 5.41) is 0.866. The first-order valence-electron chi connectivity index (χ1n) is 7.35. The van der Waals surface area contributed by atoms with E-state index in [0.29, 0.717) is 6.61 Å². The Morgan fingerprint density at radius 1 is 1.33 bits per heavy atom. The maximum absolute atomic E-state index is 11.6. The zero-order valence-corrected chi connectivity index (χ0v) is 13.6. The third-order valence-electron chi connectivity index (χ3n) is 3.22. The van der Waals surface area contributed by atoms with E-state index in [9.17, 15) is 4.79 Å². The fourth-order valence-electron chi connectivity index (χ4n) is 2.14. The van der Waals surface area contributed by atoms with Crippen LogP contribution in [0.2, 0.25) is 0 Å². The first kappa shape index (κ1) is 15.7. The Bertz CT molecular complexity index is 619. The third kappa shape index (κ3) is 4.14. The van der Waals surface area contributed by atoms with Crippen molar-refractivity contribution < 1.29 is 9.53 Å². The summed E-state index contributed by atoms with van der Waals surface area (Å²) in [7, 11) is 0. The van der Waals surface area contributed by atoms with Crippen LogP contribution >= 0.6 is 11.3 Å². The summed E-state index contributed by atoms with van der Waals surface area (Å²) < 4.78 is 5.80. The number of hydrogen-bond donors (Lipinski definition) is 0. The molecule has 0 aliphatic rings. The van der Waals surface area contributed by atoms with E-state index < -0.39 is 0 Å². The highest BCUT2D eigenvalue weighted by Crippen LogP contribution is 2.23. The first-order valence-corrected chi connectivity index (χ1v) is 8.17. The number of hydrogen-bond acceptors (Lipinski definition) is 4. The Kier molecular flexibility index (Phi) is 5.51. The van der Waals surface area contributed by atoms with Crippen molar-refractivity contribution in [1.29, 1.82) is 0 Å². The highest BCUT2D eigenvalue weighted by molar-refractivity contribution is 7.13. The number of rotatable bonds is 7. The summed E-state index contributed by atoms with van der Waals surface area (Å²) in [5.74, 6) is 0.946.